The van der Waals surface area contributed by atoms with Gasteiger partial charge in [0.1, 0.15) is 0 Å². The van der Waals surface area contributed by atoms with Gasteiger partial charge in [0.05, 0.1) is 6.54 Å². The maximum absolute atomic E-state index is 12.7. The molecule has 0 radical (unpaired) electrons. The van der Waals surface area contributed by atoms with Crippen LogP contribution in [0.3, 0.4) is 0 Å². The van der Waals surface area contributed by atoms with E-state index in [1.165, 1.54) is 19.3 Å². The van der Waals surface area contributed by atoms with Gasteiger partial charge in [0.25, 0.3) is 0 Å². The van der Waals surface area contributed by atoms with E-state index in [4.69, 9.17) is 0 Å². The van der Waals surface area contributed by atoms with Crippen LogP contribution in [0.25, 0.3) is 10.9 Å². The zero-order valence-electron chi connectivity index (χ0n) is 13.0. The van der Waals surface area contributed by atoms with E-state index in [-0.39, 0.29) is 5.78 Å². The Bertz CT molecular complexity index is 644. The lowest BCUT2D eigenvalue weighted by atomic mass is 9.99. The molecule has 0 aliphatic carbocycles. The Kier molecular flexibility index (Phi) is 4.11. The first-order chi connectivity index (χ1) is 10.2. The van der Waals surface area contributed by atoms with Gasteiger partial charge < -0.3 is 4.57 Å². The van der Waals surface area contributed by atoms with Gasteiger partial charge in [-0.05, 0) is 31.9 Å². The van der Waals surface area contributed by atoms with Crippen molar-refractivity contribution in [2.75, 3.05) is 13.1 Å². The van der Waals surface area contributed by atoms with Gasteiger partial charge in [0.15, 0.2) is 5.78 Å². The molecular weight excluding hydrogens is 260 g/mol. The number of carbonyl (C=O) groups excluding carboxylic acids is 1. The number of nitrogens with zero attached hydrogens (tertiary/aromatic N) is 2. The Hall–Kier alpha value is -1.61. The molecule has 1 aliphatic rings. The topological polar surface area (TPSA) is 25.2 Å². The molecule has 1 saturated heterocycles. The molecule has 0 N–H and O–H groups in total. The van der Waals surface area contributed by atoms with Gasteiger partial charge >= 0.3 is 0 Å². The number of aromatic nitrogens is 1. The third-order valence-corrected chi connectivity index (χ3v) is 4.76. The second-order valence-electron chi connectivity index (χ2n) is 6.12. The minimum absolute atomic E-state index is 0.257. The van der Waals surface area contributed by atoms with Gasteiger partial charge in [0.2, 0.25) is 0 Å². The molecule has 0 spiro atoms. The fourth-order valence-electron chi connectivity index (χ4n) is 3.56. The largest absolute Gasteiger partial charge is 0.350 e. The molecular formula is C18H24N2O. The van der Waals surface area contributed by atoms with E-state index in [0.717, 1.165) is 29.4 Å². The molecule has 1 aromatic heterocycles. The Balaban J connectivity index is 1.84. The van der Waals surface area contributed by atoms with E-state index >= 15 is 0 Å². The summed E-state index contributed by atoms with van der Waals surface area (Å²) < 4.78 is 2.05. The molecule has 0 amide bonds. The summed E-state index contributed by atoms with van der Waals surface area (Å²) in [5.41, 5.74) is 2.00. The van der Waals surface area contributed by atoms with E-state index < -0.39 is 0 Å². The molecule has 2 heterocycles. The second-order valence-corrected chi connectivity index (χ2v) is 6.12. The second kappa shape index (κ2) is 6.02. The number of hydrogen-bond donors (Lipinski definition) is 0. The smallest absolute Gasteiger partial charge is 0.178 e. The number of fused-ring (bicyclic) bond motifs is 1. The zero-order chi connectivity index (χ0) is 14.8. The molecule has 3 rings (SSSR count). The summed E-state index contributed by atoms with van der Waals surface area (Å²) in [6.07, 6.45) is 6.89. The van der Waals surface area contributed by atoms with Crippen LogP contribution in [-0.2, 0) is 7.05 Å². The number of carbonyl (C=O) groups is 1. The maximum atomic E-state index is 12.7. The number of ketones is 1. The van der Waals surface area contributed by atoms with Gasteiger partial charge in [-0.15, -0.1) is 0 Å². The zero-order valence-corrected chi connectivity index (χ0v) is 13.0. The summed E-state index contributed by atoms with van der Waals surface area (Å²) in [6, 6.07) is 8.74. The fourth-order valence-corrected chi connectivity index (χ4v) is 3.56. The van der Waals surface area contributed by atoms with Crippen LogP contribution in [0, 0.1) is 0 Å². The molecule has 1 aliphatic heterocycles. The van der Waals surface area contributed by atoms with Crippen molar-refractivity contribution < 1.29 is 4.79 Å². The molecule has 3 heteroatoms. The van der Waals surface area contributed by atoms with Crippen molar-refractivity contribution in [3.8, 4) is 0 Å². The number of likely N-dealkylation sites (tertiary alicyclic amines) is 1. The Morgan fingerprint density at radius 3 is 2.90 bits per heavy atom. The average molecular weight is 284 g/mol. The van der Waals surface area contributed by atoms with Crippen molar-refractivity contribution in [3.63, 3.8) is 0 Å². The van der Waals surface area contributed by atoms with E-state index in [9.17, 15) is 4.79 Å². The average Bonchev–Trinajstić information content (AvgIpc) is 2.86. The highest BCUT2D eigenvalue weighted by Gasteiger charge is 2.24. The predicted octanol–water partition coefficient (Wildman–Crippen LogP) is 3.63. The first-order valence-corrected chi connectivity index (χ1v) is 8.02. The highest BCUT2D eigenvalue weighted by molar-refractivity contribution is 6.09. The Morgan fingerprint density at radius 2 is 2.10 bits per heavy atom. The summed E-state index contributed by atoms with van der Waals surface area (Å²) in [5, 5.41) is 1.08. The maximum Gasteiger partial charge on any atom is 0.178 e. The number of piperidine rings is 1. The lowest BCUT2D eigenvalue weighted by Crippen LogP contribution is -2.42. The van der Waals surface area contributed by atoms with E-state index in [1.807, 2.05) is 25.4 Å². The molecule has 1 fully saturated rings. The number of benzene rings is 1. The van der Waals surface area contributed by atoms with Crippen LogP contribution in [0.2, 0.25) is 0 Å². The van der Waals surface area contributed by atoms with Crippen LogP contribution in [-0.4, -0.2) is 34.4 Å². The van der Waals surface area contributed by atoms with Crippen LogP contribution in [0.4, 0.5) is 0 Å². The molecule has 21 heavy (non-hydrogen) atoms. The number of rotatable bonds is 4. The van der Waals surface area contributed by atoms with Crippen molar-refractivity contribution in [3.05, 3.63) is 36.0 Å². The van der Waals surface area contributed by atoms with Gasteiger partial charge in [-0.1, -0.05) is 31.5 Å². The quantitative estimate of drug-likeness (QED) is 0.801. The molecule has 2 aromatic rings. The summed E-state index contributed by atoms with van der Waals surface area (Å²) >= 11 is 0. The third-order valence-electron chi connectivity index (χ3n) is 4.76. The third kappa shape index (κ3) is 2.75. The molecule has 0 bridgehead atoms. The highest BCUT2D eigenvalue weighted by atomic mass is 16.1. The van der Waals surface area contributed by atoms with Gasteiger partial charge in [0, 0.05) is 35.8 Å². The van der Waals surface area contributed by atoms with Crippen molar-refractivity contribution >= 4 is 16.7 Å². The van der Waals surface area contributed by atoms with Gasteiger partial charge in [-0.3, -0.25) is 9.69 Å². The van der Waals surface area contributed by atoms with E-state index in [0.29, 0.717) is 12.6 Å². The van der Waals surface area contributed by atoms with Crippen molar-refractivity contribution in [2.24, 2.45) is 7.05 Å². The molecule has 0 saturated carbocycles. The van der Waals surface area contributed by atoms with E-state index in [2.05, 4.69) is 28.5 Å². The van der Waals surface area contributed by atoms with Crippen LogP contribution >= 0.6 is 0 Å². The van der Waals surface area contributed by atoms with Crippen LogP contribution in [0.5, 0.6) is 0 Å². The summed E-state index contributed by atoms with van der Waals surface area (Å²) in [4.78, 5) is 15.1. The number of hydrogen-bond acceptors (Lipinski definition) is 2. The van der Waals surface area contributed by atoms with Crippen molar-refractivity contribution in [2.45, 2.75) is 38.6 Å². The minimum atomic E-state index is 0.257. The minimum Gasteiger partial charge on any atom is -0.350 e. The van der Waals surface area contributed by atoms with Gasteiger partial charge in [-0.2, -0.15) is 0 Å². The van der Waals surface area contributed by atoms with E-state index in [1.54, 1.807) is 0 Å². The van der Waals surface area contributed by atoms with Crippen molar-refractivity contribution in [1.29, 1.82) is 0 Å². The predicted molar refractivity (Wildman–Crippen MR) is 86.8 cm³/mol. The molecule has 112 valence electrons. The number of para-hydroxylation sites is 1. The summed E-state index contributed by atoms with van der Waals surface area (Å²) in [5.74, 6) is 0.257. The lowest BCUT2D eigenvalue weighted by Gasteiger charge is -2.34. The summed E-state index contributed by atoms with van der Waals surface area (Å²) in [6.45, 7) is 3.85. The fraction of sp³-hybridized carbons (Fsp3) is 0.500. The standard InChI is InChI=1S/C18H24N2O/c1-3-14-8-6-7-11-20(14)13-18(21)16-12-19(2)17-10-5-4-9-15(16)17/h4-5,9-10,12,14H,3,6-8,11,13H2,1-2H3. The normalized spacial score (nSPS) is 20.0. The number of aryl methyl sites for hydroxylation is 1. The highest BCUT2D eigenvalue weighted by Crippen LogP contribution is 2.23. The summed E-state index contributed by atoms with van der Waals surface area (Å²) in [7, 11) is 2.01. The molecule has 1 atom stereocenters. The lowest BCUT2D eigenvalue weighted by molar-refractivity contribution is 0.0839. The first-order valence-electron chi connectivity index (χ1n) is 8.02. The van der Waals surface area contributed by atoms with Gasteiger partial charge in [-0.25, -0.2) is 0 Å². The molecule has 3 nitrogen and oxygen atoms in total. The van der Waals surface area contributed by atoms with Crippen LogP contribution < -0.4 is 0 Å². The molecule has 1 unspecified atom stereocenters. The van der Waals surface area contributed by atoms with Crippen LogP contribution in [0.15, 0.2) is 30.5 Å². The number of Topliss-reactive ketones (excluding diaryl/α,β-unsaturated/α-hetero) is 1. The Labute approximate surface area is 126 Å². The van der Waals surface area contributed by atoms with Crippen LogP contribution in [0.1, 0.15) is 43.0 Å². The monoisotopic (exact) mass is 284 g/mol. The molecule has 1 aromatic carbocycles. The first kappa shape index (κ1) is 14.3. The SMILES string of the molecule is CCC1CCCCN1CC(=O)c1cn(C)c2ccccc12. The van der Waals surface area contributed by atoms with Crippen molar-refractivity contribution in [1.82, 2.24) is 9.47 Å². The Morgan fingerprint density at radius 1 is 1.29 bits per heavy atom.